The molecule has 0 saturated carbocycles. The third-order valence-corrected chi connectivity index (χ3v) is 4.06. The van der Waals surface area contributed by atoms with Crippen molar-refractivity contribution in [3.63, 3.8) is 0 Å². The average molecular weight is 370 g/mol. The summed E-state index contributed by atoms with van der Waals surface area (Å²) < 4.78 is 33.1. The third-order valence-electron chi connectivity index (χ3n) is 3.45. The van der Waals surface area contributed by atoms with Crippen molar-refractivity contribution < 1.29 is 18.3 Å². The number of hydrogen-bond acceptors (Lipinski definition) is 4. The maximum atomic E-state index is 13.7. The number of ether oxygens (including phenoxy) is 1. The number of hydrogen-bond donors (Lipinski definition) is 1. The van der Waals surface area contributed by atoms with E-state index >= 15 is 0 Å². The van der Waals surface area contributed by atoms with Crippen molar-refractivity contribution in [3.05, 3.63) is 29.3 Å². The van der Waals surface area contributed by atoms with Crippen molar-refractivity contribution in [1.29, 1.82) is 5.26 Å². The Labute approximate surface area is 151 Å². The molecule has 0 radical (unpaired) electrons. The average Bonchev–Trinajstić information content (AvgIpc) is 2.53. The van der Waals surface area contributed by atoms with Gasteiger partial charge in [0.05, 0.1) is 11.6 Å². The molecule has 0 spiro atoms. The second-order valence-corrected chi connectivity index (χ2v) is 7.21. The fourth-order valence-corrected chi connectivity index (χ4v) is 2.55. The number of alkyl halides is 2. The molecule has 0 bridgehead atoms. The number of nitriles is 1. The fraction of sp³-hybridized carbons (Fsp3) is 0.556. The number of carbonyl (C=O) groups is 1. The van der Waals surface area contributed by atoms with Crippen LogP contribution in [0.15, 0.2) is 18.2 Å². The third kappa shape index (κ3) is 6.91. The van der Waals surface area contributed by atoms with Crippen molar-refractivity contribution in [2.45, 2.75) is 39.2 Å². The molecule has 1 rings (SSSR count). The molecule has 1 unspecified atom stereocenters. The van der Waals surface area contributed by atoms with E-state index in [1.165, 1.54) is 12.1 Å². The molecule has 0 fully saturated rings. The Morgan fingerprint density at radius 3 is 2.64 bits per heavy atom. The van der Waals surface area contributed by atoms with Crippen molar-refractivity contribution in [1.82, 2.24) is 5.32 Å². The summed E-state index contributed by atoms with van der Waals surface area (Å²) >= 11 is 1.61. The molecule has 138 valence electrons. The van der Waals surface area contributed by atoms with Crippen LogP contribution in [0, 0.1) is 17.2 Å². The standard InChI is InChI=1S/C18H24F2N2O2S/c1-12(2)9-16(17(23)22-7-8-25-4)24-14-6-5-13(11-21)15(10-14)18(3,19)20/h5-6,10,12,16H,7-9H2,1-4H3,(H,22,23). The number of thioether (sulfide) groups is 1. The summed E-state index contributed by atoms with van der Waals surface area (Å²) in [6.07, 6.45) is 1.63. The number of halogens is 2. The fourth-order valence-electron chi connectivity index (χ4n) is 2.25. The SMILES string of the molecule is CSCCNC(=O)C(CC(C)C)Oc1ccc(C#N)c(C(C)(F)F)c1. The highest BCUT2D eigenvalue weighted by Crippen LogP contribution is 2.33. The molecule has 1 amide bonds. The van der Waals surface area contributed by atoms with Gasteiger partial charge in [-0.1, -0.05) is 13.8 Å². The molecule has 0 saturated heterocycles. The molecule has 25 heavy (non-hydrogen) atoms. The Morgan fingerprint density at radius 2 is 2.12 bits per heavy atom. The highest BCUT2D eigenvalue weighted by atomic mass is 32.2. The zero-order valence-corrected chi connectivity index (χ0v) is 15.8. The molecule has 1 aromatic rings. The van der Waals surface area contributed by atoms with Crippen LogP contribution in [0.2, 0.25) is 0 Å². The Hall–Kier alpha value is -1.81. The lowest BCUT2D eigenvalue weighted by Gasteiger charge is -2.21. The molecule has 0 heterocycles. The maximum Gasteiger partial charge on any atom is 0.271 e. The van der Waals surface area contributed by atoms with Gasteiger partial charge in [-0.05, 0) is 36.8 Å². The van der Waals surface area contributed by atoms with Gasteiger partial charge in [0.1, 0.15) is 5.75 Å². The van der Waals surface area contributed by atoms with E-state index in [0.717, 1.165) is 18.7 Å². The Kier molecular flexibility index (Phi) is 8.17. The predicted octanol–water partition coefficient (Wildman–Crippen LogP) is 3.94. The second kappa shape index (κ2) is 9.62. The van der Waals surface area contributed by atoms with Gasteiger partial charge < -0.3 is 10.1 Å². The number of carbonyl (C=O) groups excluding carboxylic acids is 1. The number of nitrogens with one attached hydrogen (secondary N) is 1. The molecular formula is C18H24F2N2O2S. The van der Waals surface area contributed by atoms with E-state index in [1.807, 2.05) is 20.1 Å². The monoisotopic (exact) mass is 370 g/mol. The van der Waals surface area contributed by atoms with Crippen LogP contribution in [0.5, 0.6) is 5.75 Å². The van der Waals surface area contributed by atoms with E-state index in [2.05, 4.69) is 5.32 Å². The van der Waals surface area contributed by atoms with Crippen LogP contribution in [0.25, 0.3) is 0 Å². The number of amides is 1. The normalized spacial score (nSPS) is 12.6. The molecule has 0 aromatic heterocycles. The lowest BCUT2D eigenvalue weighted by atomic mass is 10.0. The van der Waals surface area contributed by atoms with Crippen molar-refractivity contribution >= 4 is 17.7 Å². The number of nitrogens with zero attached hydrogens (tertiary/aromatic N) is 1. The molecule has 0 aliphatic rings. The highest BCUT2D eigenvalue weighted by Gasteiger charge is 2.29. The van der Waals surface area contributed by atoms with E-state index in [9.17, 15) is 13.6 Å². The summed E-state index contributed by atoms with van der Waals surface area (Å²) in [5.74, 6) is -2.30. The summed E-state index contributed by atoms with van der Waals surface area (Å²) in [6, 6.07) is 5.63. The lowest BCUT2D eigenvalue weighted by Crippen LogP contribution is -2.40. The molecule has 1 atom stereocenters. The van der Waals surface area contributed by atoms with E-state index in [4.69, 9.17) is 10.00 Å². The van der Waals surface area contributed by atoms with Crippen LogP contribution < -0.4 is 10.1 Å². The van der Waals surface area contributed by atoms with Gasteiger partial charge in [-0.2, -0.15) is 17.0 Å². The Morgan fingerprint density at radius 1 is 1.44 bits per heavy atom. The zero-order chi connectivity index (χ0) is 19.0. The smallest absolute Gasteiger partial charge is 0.271 e. The molecule has 1 aromatic carbocycles. The van der Waals surface area contributed by atoms with Gasteiger partial charge in [-0.15, -0.1) is 0 Å². The summed E-state index contributed by atoms with van der Waals surface area (Å²) in [5.41, 5.74) is -0.511. The lowest BCUT2D eigenvalue weighted by molar-refractivity contribution is -0.128. The minimum absolute atomic E-state index is 0.107. The minimum Gasteiger partial charge on any atom is -0.481 e. The Bertz CT molecular complexity index is 624. The van der Waals surface area contributed by atoms with Gasteiger partial charge in [-0.3, -0.25) is 4.79 Å². The van der Waals surface area contributed by atoms with E-state index < -0.39 is 17.6 Å². The first-order valence-electron chi connectivity index (χ1n) is 8.04. The molecule has 4 nitrogen and oxygen atoms in total. The van der Waals surface area contributed by atoms with Crippen LogP contribution >= 0.6 is 11.8 Å². The summed E-state index contributed by atoms with van der Waals surface area (Å²) in [7, 11) is 0. The van der Waals surface area contributed by atoms with Crippen molar-refractivity contribution in [2.75, 3.05) is 18.6 Å². The van der Waals surface area contributed by atoms with Gasteiger partial charge in [0, 0.05) is 24.8 Å². The van der Waals surface area contributed by atoms with Gasteiger partial charge in [0.15, 0.2) is 6.10 Å². The van der Waals surface area contributed by atoms with Crippen LogP contribution in [0.4, 0.5) is 8.78 Å². The van der Waals surface area contributed by atoms with Crippen LogP contribution in [0.3, 0.4) is 0 Å². The summed E-state index contributed by atoms with van der Waals surface area (Å²) in [4.78, 5) is 12.3. The predicted molar refractivity (Wildman–Crippen MR) is 96.0 cm³/mol. The van der Waals surface area contributed by atoms with Crippen LogP contribution in [-0.2, 0) is 10.7 Å². The van der Waals surface area contributed by atoms with E-state index in [0.29, 0.717) is 13.0 Å². The molecule has 1 N–H and O–H groups in total. The highest BCUT2D eigenvalue weighted by molar-refractivity contribution is 7.98. The van der Waals surface area contributed by atoms with Gasteiger partial charge in [0.25, 0.3) is 11.8 Å². The first kappa shape index (κ1) is 21.2. The van der Waals surface area contributed by atoms with Gasteiger partial charge in [-0.25, -0.2) is 8.78 Å². The van der Waals surface area contributed by atoms with E-state index in [1.54, 1.807) is 17.8 Å². The maximum absolute atomic E-state index is 13.7. The van der Waals surface area contributed by atoms with Crippen molar-refractivity contribution in [2.24, 2.45) is 5.92 Å². The van der Waals surface area contributed by atoms with Crippen molar-refractivity contribution in [3.8, 4) is 11.8 Å². The largest absolute Gasteiger partial charge is 0.481 e. The summed E-state index contributed by atoms with van der Waals surface area (Å²) in [6.45, 7) is 5.16. The van der Waals surface area contributed by atoms with Crippen LogP contribution in [-0.4, -0.2) is 30.6 Å². The minimum atomic E-state index is -3.17. The summed E-state index contributed by atoms with van der Waals surface area (Å²) in [5, 5.41) is 11.8. The Balaban J connectivity index is 3.00. The van der Waals surface area contributed by atoms with Gasteiger partial charge >= 0.3 is 0 Å². The zero-order valence-electron chi connectivity index (χ0n) is 14.9. The van der Waals surface area contributed by atoms with Crippen LogP contribution in [0.1, 0.15) is 38.3 Å². The molecular weight excluding hydrogens is 346 g/mol. The topological polar surface area (TPSA) is 62.1 Å². The number of rotatable bonds is 9. The molecule has 0 aliphatic carbocycles. The van der Waals surface area contributed by atoms with Gasteiger partial charge in [0.2, 0.25) is 0 Å². The second-order valence-electron chi connectivity index (χ2n) is 6.23. The number of benzene rings is 1. The van der Waals surface area contributed by atoms with E-state index in [-0.39, 0.29) is 23.1 Å². The first-order valence-corrected chi connectivity index (χ1v) is 9.44. The molecule has 0 aliphatic heterocycles. The first-order chi connectivity index (χ1) is 11.7. The quantitative estimate of drug-likeness (QED) is 0.669. The molecule has 7 heteroatoms.